The molecule has 0 bridgehead atoms. The van der Waals surface area contributed by atoms with Gasteiger partial charge in [-0.1, -0.05) is 13.8 Å². The number of amides is 2. The summed E-state index contributed by atoms with van der Waals surface area (Å²) in [5, 5.41) is 14.7. The molecule has 0 aromatic heterocycles. The van der Waals surface area contributed by atoms with E-state index in [0.717, 1.165) is 5.56 Å². The highest BCUT2D eigenvalue weighted by Crippen LogP contribution is 2.16. The maximum Gasteiger partial charge on any atom is 0.319 e. The molecule has 0 radical (unpaired) electrons. The van der Waals surface area contributed by atoms with Crippen LogP contribution in [0.15, 0.2) is 18.2 Å². The summed E-state index contributed by atoms with van der Waals surface area (Å²) < 4.78 is 13.2. The topological polar surface area (TPSA) is 61.4 Å². The molecule has 1 aromatic carbocycles. The second kappa shape index (κ2) is 6.52. The molecule has 106 valence electrons. The van der Waals surface area contributed by atoms with E-state index < -0.39 is 17.4 Å². The Morgan fingerprint density at radius 3 is 2.42 bits per heavy atom. The number of aliphatic hydroxyl groups excluding tert-OH is 1. The number of hydrogen-bond donors (Lipinski definition) is 3. The number of carbonyl (C=O) groups is 1. The quantitative estimate of drug-likeness (QED) is 0.769. The van der Waals surface area contributed by atoms with Crippen LogP contribution in [0.4, 0.5) is 14.9 Å². The van der Waals surface area contributed by atoms with Crippen LogP contribution in [0.3, 0.4) is 0 Å². The third kappa shape index (κ3) is 4.21. The molecule has 0 aliphatic carbocycles. The number of rotatable bonds is 5. The number of anilines is 1. The van der Waals surface area contributed by atoms with Gasteiger partial charge >= 0.3 is 6.03 Å². The van der Waals surface area contributed by atoms with Crippen molar-refractivity contribution >= 4 is 11.7 Å². The zero-order chi connectivity index (χ0) is 14.5. The predicted octanol–water partition coefficient (Wildman–Crippen LogP) is 2.81. The van der Waals surface area contributed by atoms with Crippen molar-refractivity contribution in [1.29, 1.82) is 0 Å². The number of nitrogens with one attached hydrogen (secondary N) is 2. The smallest absolute Gasteiger partial charge is 0.319 e. The Bertz CT molecular complexity index is 417. The lowest BCUT2D eigenvalue weighted by atomic mass is 9.94. The lowest BCUT2D eigenvalue weighted by Crippen LogP contribution is -2.52. The van der Waals surface area contributed by atoms with Gasteiger partial charge in [-0.15, -0.1) is 0 Å². The van der Waals surface area contributed by atoms with Crippen molar-refractivity contribution < 1.29 is 14.3 Å². The third-order valence-electron chi connectivity index (χ3n) is 3.33. The fourth-order valence-corrected chi connectivity index (χ4v) is 1.90. The molecule has 0 saturated heterocycles. The van der Waals surface area contributed by atoms with Crippen molar-refractivity contribution in [1.82, 2.24) is 5.32 Å². The van der Waals surface area contributed by atoms with E-state index in [4.69, 9.17) is 0 Å². The zero-order valence-electron chi connectivity index (χ0n) is 11.6. The van der Waals surface area contributed by atoms with Gasteiger partial charge in [0.15, 0.2) is 0 Å². The van der Waals surface area contributed by atoms with Crippen molar-refractivity contribution in [3.05, 3.63) is 29.6 Å². The lowest BCUT2D eigenvalue weighted by molar-refractivity contribution is 0.155. The van der Waals surface area contributed by atoms with Gasteiger partial charge in [-0.25, -0.2) is 9.18 Å². The van der Waals surface area contributed by atoms with E-state index >= 15 is 0 Å². The minimum absolute atomic E-state index is 0.129. The minimum atomic E-state index is -0.632. The molecular formula is C14H21FN2O2. The first-order chi connectivity index (χ1) is 8.94. The van der Waals surface area contributed by atoms with Crippen LogP contribution in [0.1, 0.15) is 32.3 Å². The van der Waals surface area contributed by atoms with Crippen LogP contribution in [0.2, 0.25) is 0 Å². The molecule has 0 unspecified atom stereocenters. The number of aryl methyl sites for hydroxylation is 1. The average Bonchev–Trinajstić information content (AvgIpc) is 2.35. The first-order valence-electron chi connectivity index (χ1n) is 6.42. The first kappa shape index (κ1) is 15.4. The molecule has 0 aliphatic heterocycles. The SMILES string of the molecule is CCC(CC)(CO)NC(=O)Nc1cc(C)cc(F)c1. The van der Waals surface area contributed by atoms with E-state index in [1.165, 1.54) is 12.1 Å². The summed E-state index contributed by atoms with van der Waals surface area (Å²) in [6, 6.07) is 3.88. The summed E-state index contributed by atoms with van der Waals surface area (Å²) in [5.41, 5.74) is 0.496. The third-order valence-corrected chi connectivity index (χ3v) is 3.33. The number of carbonyl (C=O) groups excluding carboxylic acids is 1. The summed E-state index contributed by atoms with van der Waals surface area (Å²) >= 11 is 0. The predicted molar refractivity (Wildman–Crippen MR) is 73.7 cm³/mol. The highest BCUT2D eigenvalue weighted by molar-refractivity contribution is 5.89. The van der Waals surface area contributed by atoms with Crippen molar-refractivity contribution in [3.8, 4) is 0 Å². The van der Waals surface area contributed by atoms with Crippen molar-refractivity contribution in [2.75, 3.05) is 11.9 Å². The molecular weight excluding hydrogens is 247 g/mol. The molecule has 0 heterocycles. The van der Waals surface area contributed by atoms with E-state index in [2.05, 4.69) is 10.6 Å². The molecule has 0 atom stereocenters. The Labute approximate surface area is 113 Å². The van der Waals surface area contributed by atoms with Gasteiger partial charge in [0.25, 0.3) is 0 Å². The van der Waals surface area contributed by atoms with Gasteiger partial charge in [-0.3, -0.25) is 0 Å². The van der Waals surface area contributed by atoms with Crippen LogP contribution >= 0.6 is 0 Å². The van der Waals surface area contributed by atoms with Crippen molar-refractivity contribution in [2.45, 2.75) is 39.2 Å². The van der Waals surface area contributed by atoms with E-state index in [-0.39, 0.29) is 6.61 Å². The van der Waals surface area contributed by atoms with Crippen LogP contribution in [-0.2, 0) is 0 Å². The summed E-state index contributed by atoms with van der Waals surface area (Å²) in [5.74, 6) is -0.394. The Morgan fingerprint density at radius 1 is 1.32 bits per heavy atom. The van der Waals surface area contributed by atoms with Gasteiger partial charge in [-0.05, 0) is 43.5 Å². The summed E-state index contributed by atoms with van der Waals surface area (Å²) in [6.07, 6.45) is 1.24. The van der Waals surface area contributed by atoms with Gasteiger partial charge in [-0.2, -0.15) is 0 Å². The average molecular weight is 268 g/mol. The second-order valence-electron chi connectivity index (χ2n) is 4.74. The molecule has 2 amide bonds. The number of halogens is 1. The second-order valence-corrected chi connectivity index (χ2v) is 4.74. The Balaban J connectivity index is 2.74. The molecule has 19 heavy (non-hydrogen) atoms. The normalized spacial score (nSPS) is 11.2. The maximum atomic E-state index is 13.2. The summed E-state index contributed by atoms with van der Waals surface area (Å²) in [4.78, 5) is 11.9. The monoisotopic (exact) mass is 268 g/mol. The van der Waals surface area contributed by atoms with Crippen molar-refractivity contribution in [2.24, 2.45) is 0 Å². The van der Waals surface area contributed by atoms with Gasteiger partial charge in [0, 0.05) is 5.69 Å². The highest BCUT2D eigenvalue weighted by atomic mass is 19.1. The molecule has 4 nitrogen and oxygen atoms in total. The largest absolute Gasteiger partial charge is 0.394 e. The van der Waals surface area contributed by atoms with Crippen LogP contribution in [0.5, 0.6) is 0 Å². The van der Waals surface area contributed by atoms with Crippen LogP contribution in [0.25, 0.3) is 0 Å². The highest BCUT2D eigenvalue weighted by Gasteiger charge is 2.27. The van der Waals surface area contributed by atoms with E-state index in [9.17, 15) is 14.3 Å². The molecule has 1 aromatic rings. The first-order valence-corrected chi connectivity index (χ1v) is 6.42. The lowest BCUT2D eigenvalue weighted by Gasteiger charge is -2.30. The fourth-order valence-electron chi connectivity index (χ4n) is 1.90. The molecule has 3 N–H and O–H groups in total. The minimum Gasteiger partial charge on any atom is -0.394 e. The molecule has 0 spiro atoms. The van der Waals surface area contributed by atoms with Crippen LogP contribution < -0.4 is 10.6 Å². The van der Waals surface area contributed by atoms with E-state index in [1.807, 2.05) is 13.8 Å². The maximum absolute atomic E-state index is 13.2. The van der Waals surface area contributed by atoms with Crippen LogP contribution in [-0.4, -0.2) is 23.3 Å². The fraction of sp³-hybridized carbons (Fsp3) is 0.500. The van der Waals surface area contributed by atoms with E-state index in [0.29, 0.717) is 18.5 Å². The summed E-state index contributed by atoms with van der Waals surface area (Å²) in [7, 11) is 0. The Hall–Kier alpha value is -1.62. The molecule has 5 heteroatoms. The molecule has 0 saturated carbocycles. The number of urea groups is 1. The van der Waals surface area contributed by atoms with Crippen LogP contribution in [0, 0.1) is 12.7 Å². The van der Waals surface area contributed by atoms with Gasteiger partial charge in [0.1, 0.15) is 5.82 Å². The molecule has 1 rings (SSSR count). The molecule has 0 aliphatic rings. The van der Waals surface area contributed by atoms with Gasteiger partial charge in [0.2, 0.25) is 0 Å². The van der Waals surface area contributed by atoms with E-state index in [1.54, 1.807) is 13.0 Å². The molecule has 0 fully saturated rings. The van der Waals surface area contributed by atoms with Gasteiger partial charge in [0.05, 0.1) is 12.1 Å². The van der Waals surface area contributed by atoms with Crippen molar-refractivity contribution in [3.63, 3.8) is 0 Å². The Morgan fingerprint density at radius 2 is 1.95 bits per heavy atom. The summed E-state index contributed by atoms with van der Waals surface area (Å²) in [6.45, 7) is 5.41. The number of benzene rings is 1. The number of aliphatic hydroxyl groups is 1. The van der Waals surface area contributed by atoms with Gasteiger partial charge < -0.3 is 15.7 Å². The Kier molecular flexibility index (Phi) is 5.30. The number of hydrogen-bond acceptors (Lipinski definition) is 2. The zero-order valence-corrected chi connectivity index (χ0v) is 11.6. The standard InChI is InChI=1S/C14H21FN2O2/c1-4-14(5-2,9-18)17-13(19)16-12-7-10(3)6-11(15)8-12/h6-8,18H,4-5,9H2,1-3H3,(H2,16,17,19).